The van der Waals surface area contributed by atoms with Crippen molar-refractivity contribution in [3.05, 3.63) is 34.3 Å². The molecule has 4 heteroatoms. The lowest BCUT2D eigenvalue weighted by atomic mass is 10.0. The average molecular weight is 257 g/mol. The maximum absolute atomic E-state index is 13.6. The second kappa shape index (κ2) is 5.80. The summed E-state index contributed by atoms with van der Waals surface area (Å²) >= 11 is 6.07. The predicted octanol–water partition coefficient (Wildman–Crippen LogP) is 2.78. The zero-order chi connectivity index (χ0) is 12.3. The van der Waals surface area contributed by atoms with Crippen molar-refractivity contribution >= 4 is 11.6 Å². The first-order chi connectivity index (χ1) is 8.18. The van der Waals surface area contributed by atoms with Gasteiger partial charge in [-0.05, 0) is 18.6 Å². The van der Waals surface area contributed by atoms with Gasteiger partial charge < -0.3 is 5.32 Å². The Morgan fingerprint density at radius 1 is 1.41 bits per heavy atom. The van der Waals surface area contributed by atoms with E-state index in [0.717, 1.165) is 38.3 Å². The van der Waals surface area contributed by atoms with Crippen LogP contribution in [0.1, 0.15) is 24.2 Å². The zero-order valence-electron chi connectivity index (χ0n) is 10.0. The second-order valence-electron chi connectivity index (χ2n) is 4.45. The van der Waals surface area contributed by atoms with Gasteiger partial charge in [-0.1, -0.05) is 23.7 Å². The minimum atomic E-state index is -1.01. The summed E-state index contributed by atoms with van der Waals surface area (Å²) in [7, 11) is 0. The van der Waals surface area contributed by atoms with E-state index in [1.165, 1.54) is 0 Å². The van der Waals surface area contributed by atoms with E-state index in [1.54, 1.807) is 13.0 Å². The van der Waals surface area contributed by atoms with Gasteiger partial charge in [-0.3, -0.25) is 4.90 Å². The normalized spacial score (nSPS) is 19.2. The van der Waals surface area contributed by atoms with E-state index in [-0.39, 0.29) is 0 Å². The summed E-state index contributed by atoms with van der Waals surface area (Å²) in [5.41, 5.74) is 1.65. The molecule has 2 nitrogen and oxygen atoms in total. The molecule has 0 bridgehead atoms. The first-order valence-electron chi connectivity index (χ1n) is 6.03. The topological polar surface area (TPSA) is 15.3 Å². The van der Waals surface area contributed by atoms with Gasteiger partial charge in [0, 0.05) is 43.3 Å². The van der Waals surface area contributed by atoms with Gasteiger partial charge in [-0.2, -0.15) is 0 Å². The molecule has 1 N–H and O–H groups in total. The van der Waals surface area contributed by atoms with E-state index in [0.29, 0.717) is 10.6 Å². The van der Waals surface area contributed by atoms with Gasteiger partial charge in [0.25, 0.3) is 0 Å². The molecule has 2 rings (SSSR count). The number of rotatable bonds is 3. The average Bonchev–Trinajstić information content (AvgIpc) is 2.30. The Labute approximate surface area is 107 Å². The molecule has 0 amide bonds. The third-order valence-corrected chi connectivity index (χ3v) is 3.47. The van der Waals surface area contributed by atoms with E-state index < -0.39 is 6.17 Å². The molecule has 1 aromatic rings. The second-order valence-corrected chi connectivity index (χ2v) is 4.86. The van der Waals surface area contributed by atoms with Crippen LogP contribution in [-0.4, -0.2) is 31.1 Å². The molecule has 1 unspecified atom stereocenters. The molecule has 94 valence electrons. The Morgan fingerprint density at radius 3 is 2.76 bits per heavy atom. The third-order valence-electron chi connectivity index (χ3n) is 3.14. The molecule has 1 saturated heterocycles. The Bertz CT molecular complexity index is 376. The van der Waals surface area contributed by atoms with Crippen molar-refractivity contribution in [3.63, 3.8) is 0 Å². The fraction of sp³-hybridized carbons (Fsp3) is 0.538. The van der Waals surface area contributed by atoms with Crippen molar-refractivity contribution in [1.82, 2.24) is 10.2 Å². The Kier molecular flexibility index (Phi) is 4.37. The van der Waals surface area contributed by atoms with Crippen molar-refractivity contribution in [1.29, 1.82) is 0 Å². The number of nitrogens with zero attached hydrogens (tertiary/aromatic N) is 1. The fourth-order valence-electron chi connectivity index (χ4n) is 2.28. The summed E-state index contributed by atoms with van der Waals surface area (Å²) in [6.45, 7) is 6.34. The molecule has 0 aliphatic carbocycles. The molecule has 17 heavy (non-hydrogen) atoms. The molecule has 1 aromatic carbocycles. The van der Waals surface area contributed by atoms with E-state index in [1.807, 2.05) is 12.1 Å². The summed E-state index contributed by atoms with van der Waals surface area (Å²) in [4.78, 5) is 2.33. The number of nitrogens with one attached hydrogen (secondary N) is 1. The van der Waals surface area contributed by atoms with E-state index >= 15 is 0 Å². The minimum absolute atomic E-state index is 0.535. The quantitative estimate of drug-likeness (QED) is 0.895. The van der Waals surface area contributed by atoms with Crippen LogP contribution in [0.25, 0.3) is 0 Å². The molecule has 1 fully saturated rings. The first-order valence-corrected chi connectivity index (χ1v) is 6.40. The molecule has 1 atom stereocenters. The Hall–Kier alpha value is -0.640. The first kappa shape index (κ1) is 12.8. The van der Waals surface area contributed by atoms with E-state index in [2.05, 4.69) is 10.2 Å². The summed E-state index contributed by atoms with van der Waals surface area (Å²) in [5, 5.41) is 3.84. The molecule has 1 aliphatic rings. The van der Waals surface area contributed by atoms with Gasteiger partial charge >= 0.3 is 0 Å². The fourth-order valence-corrected chi connectivity index (χ4v) is 2.62. The molecular weight excluding hydrogens is 239 g/mol. The number of piperazine rings is 1. The van der Waals surface area contributed by atoms with Gasteiger partial charge in [0.1, 0.15) is 6.17 Å². The zero-order valence-corrected chi connectivity index (χ0v) is 10.8. The number of hydrogen-bond acceptors (Lipinski definition) is 2. The minimum Gasteiger partial charge on any atom is -0.314 e. The summed E-state index contributed by atoms with van der Waals surface area (Å²) in [6.07, 6.45) is -1.01. The SMILES string of the molecule is CC(F)c1c(Cl)cccc1CN1CCNCC1. The largest absolute Gasteiger partial charge is 0.314 e. The van der Waals surface area contributed by atoms with Crippen LogP contribution in [0.15, 0.2) is 18.2 Å². The van der Waals surface area contributed by atoms with Crippen LogP contribution >= 0.6 is 11.6 Å². The van der Waals surface area contributed by atoms with Crippen molar-refractivity contribution in [2.24, 2.45) is 0 Å². The highest BCUT2D eigenvalue weighted by molar-refractivity contribution is 6.31. The van der Waals surface area contributed by atoms with Gasteiger partial charge in [0.2, 0.25) is 0 Å². The molecule has 0 radical (unpaired) electrons. The maximum Gasteiger partial charge on any atom is 0.124 e. The van der Waals surface area contributed by atoms with Crippen LogP contribution in [0, 0.1) is 0 Å². The van der Waals surface area contributed by atoms with Gasteiger partial charge in [-0.15, -0.1) is 0 Å². The van der Waals surface area contributed by atoms with Crippen molar-refractivity contribution in [2.45, 2.75) is 19.6 Å². The highest BCUT2D eigenvalue weighted by Gasteiger charge is 2.17. The third kappa shape index (κ3) is 3.18. The molecule has 1 heterocycles. The van der Waals surface area contributed by atoms with Crippen LogP contribution in [0.5, 0.6) is 0 Å². The van der Waals surface area contributed by atoms with Crippen LogP contribution < -0.4 is 5.32 Å². The number of alkyl halides is 1. The molecule has 1 aliphatic heterocycles. The lowest BCUT2D eigenvalue weighted by Gasteiger charge is -2.28. The highest BCUT2D eigenvalue weighted by Crippen LogP contribution is 2.29. The standard InChI is InChI=1S/C13H18ClFN2/c1-10(15)13-11(3-2-4-12(13)14)9-17-7-5-16-6-8-17/h2-4,10,16H,5-9H2,1H3. The number of benzene rings is 1. The predicted molar refractivity (Wildman–Crippen MR) is 69.1 cm³/mol. The Morgan fingerprint density at radius 2 is 2.12 bits per heavy atom. The number of halogens is 2. The lowest BCUT2D eigenvalue weighted by molar-refractivity contribution is 0.231. The Balaban J connectivity index is 2.16. The molecular formula is C13H18ClFN2. The van der Waals surface area contributed by atoms with Crippen molar-refractivity contribution in [3.8, 4) is 0 Å². The molecule has 0 spiro atoms. The molecule has 0 aromatic heterocycles. The van der Waals surface area contributed by atoms with E-state index in [4.69, 9.17) is 11.6 Å². The summed E-state index contributed by atoms with van der Waals surface area (Å²) in [5.74, 6) is 0. The summed E-state index contributed by atoms with van der Waals surface area (Å²) in [6, 6.07) is 5.62. The lowest BCUT2D eigenvalue weighted by Crippen LogP contribution is -2.43. The van der Waals surface area contributed by atoms with Gasteiger partial charge in [-0.25, -0.2) is 4.39 Å². The van der Waals surface area contributed by atoms with E-state index in [9.17, 15) is 4.39 Å². The van der Waals surface area contributed by atoms with Crippen molar-refractivity contribution < 1.29 is 4.39 Å². The maximum atomic E-state index is 13.6. The monoisotopic (exact) mass is 256 g/mol. The smallest absolute Gasteiger partial charge is 0.124 e. The van der Waals surface area contributed by atoms with Crippen molar-refractivity contribution in [2.75, 3.05) is 26.2 Å². The van der Waals surface area contributed by atoms with Gasteiger partial charge in [0.05, 0.1) is 0 Å². The van der Waals surface area contributed by atoms with Crippen LogP contribution in [0.4, 0.5) is 4.39 Å². The number of hydrogen-bond donors (Lipinski definition) is 1. The summed E-state index contributed by atoms with van der Waals surface area (Å²) < 4.78 is 13.6. The van der Waals surface area contributed by atoms with Crippen LogP contribution in [-0.2, 0) is 6.54 Å². The highest BCUT2D eigenvalue weighted by atomic mass is 35.5. The molecule has 0 saturated carbocycles. The van der Waals surface area contributed by atoms with Crippen LogP contribution in [0.3, 0.4) is 0 Å². The van der Waals surface area contributed by atoms with Gasteiger partial charge in [0.15, 0.2) is 0 Å². The van der Waals surface area contributed by atoms with Crippen LogP contribution in [0.2, 0.25) is 5.02 Å².